The van der Waals surface area contributed by atoms with Gasteiger partial charge in [-0.15, -0.1) is 0 Å². The van der Waals surface area contributed by atoms with Crippen molar-refractivity contribution in [3.63, 3.8) is 0 Å². The molecule has 84 valence electrons. The van der Waals surface area contributed by atoms with E-state index >= 15 is 0 Å². The summed E-state index contributed by atoms with van der Waals surface area (Å²) in [4.78, 5) is 0. The summed E-state index contributed by atoms with van der Waals surface area (Å²) < 4.78 is 26.6. The van der Waals surface area contributed by atoms with Gasteiger partial charge in [0.05, 0.1) is 5.69 Å². The lowest BCUT2D eigenvalue weighted by molar-refractivity contribution is 0.475. The molecule has 0 bridgehead atoms. The highest BCUT2D eigenvalue weighted by Gasteiger charge is 2.16. The number of phenols is 1. The summed E-state index contributed by atoms with van der Waals surface area (Å²) in [6.07, 6.45) is 0. The predicted octanol–water partition coefficient (Wildman–Crippen LogP) is 0.683. The Labute approximate surface area is 89.5 Å². The Bertz CT molecular complexity index is 413. The molecule has 0 spiro atoms. The SMILES string of the molecule is CCNS(=O)(=O)N(C)c1ccc(O)cc1. The summed E-state index contributed by atoms with van der Waals surface area (Å²) in [5.41, 5.74) is 0.494. The lowest BCUT2D eigenvalue weighted by Gasteiger charge is -2.19. The predicted molar refractivity (Wildman–Crippen MR) is 59.1 cm³/mol. The smallest absolute Gasteiger partial charge is 0.301 e. The van der Waals surface area contributed by atoms with Gasteiger partial charge in [-0.3, -0.25) is 4.31 Å². The third-order valence-electron chi connectivity index (χ3n) is 1.90. The van der Waals surface area contributed by atoms with E-state index in [4.69, 9.17) is 5.11 Å². The Morgan fingerprint density at radius 1 is 1.33 bits per heavy atom. The second kappa shape index (κ2) is 4.50. The van der Waals surface area contributed by atoms with Gasteiger partial charge >= 0.3 is 10.2 Å². The van der Waals surface area contributed by atoms with E-state index in [0.29, 0.717) is 12.2 Å². The molecular weight excluding hydrogens is 216 g/mol. The highest BCUT2D eigenvalue weighted by molar-refractivity contribution is 7.90. The summed E-state index contributed by atoms with van der Waals surface area (Å²) in [7, 11) is -2.03. The van der Waals surface area contributed by atoms with Gasteiger partial charge in [-0.25, -0.2) is 0 Å². The Balaban J connectivity index is 2.94. The number of aromatic hydroxyl groups is 1. The number of rotatable bonds is 4. The first-order valence-corrected chi connectivity index (χ1v) is 5.94. The van der Waals surface area contributed by atoms with Crippen molar-refractivity contribution in [3.8, 4) is 5.75 Å². The molecule has 1 aromatic carbocycles. The van der Waals surface area contributed by atoms with Gasteiger partial charge in [-0.05, 0) is 24.3 Å². The molecule has 1 rings (SSSR count). The van der Waals surface area contributed by atoms with Crippen molar-refractivity contribution in [3.05, 3.63) is 24.3 Å². The first-order chi connectivity index (χ1) is 6.97. The number of nitrogens with one attached hydrogen (secondary N) is 1. The number of benzene rings is 1. The molecule has 0 atom stereocenters. The van der Waals surface area contributed by atoms with E-state index < -0.39 is 10.2 Å². The summed E-state index contributed by atoms with van der Waals surface area (Å²) in [6.45, 7) is 2.05. The highest BCUT2D eigenvalue weighted by atomic mass is 32.2. The summed E-state index contributed by atoms with van der Waals surface area (Å²) in [5, 5.41) is 9.06. The van der Waals surface area contributed by atoms with E-state index in [1.807, 2.05) is 0 Å². The molecule has 2 N–H and O–H groups in total. The van der Waals surface area contributed by atoms with E-state index in [9.17, 15) is 8.42 Å². The molecule has 0 aliphatic heterocycles. The zero-order valence-corrected chi connectivity index (χ0v) is 9.45. The van der Waals surface area contributed by atoms with Crippen LogP contribution in [-0.2, 0) is 10.2 Å². The summed E-state index contributed by atoms with van der Waals surface area (Å²) in [6, 6.07) is 5.94. The fourth-order valence-corrected chi connectivity index (χ4v) is 2.04. The van der Waals surface area contributed by atoms with Gasteiger partial charge in [-0.1, -0.05) is 6.92 Å². The Kier molecular flexibility index (Phi) is 3.54. The molecule has 0 saturated heterocycles. The second-order valence-electron chi connectivity index (χ2n) is 2.99. The standard InChI is InChI=1S/C9H14N2O3S/c1-3-10-15(13,14)11(2)8-4-6-9(12)7-5-8/h4-7,10,12H,3H2,1-2H3. The molecular formula is C9H14N2O3S. The topological polar surface area (TPSA) is 69.6 Å². The first kappa shape index (κ1) is 11.8. The summed E-state index contributed by atoms with van der Waals surface area (Å²) >= 11 is 0. The van der Waals surface area contributed by atoms with Crippen molar-refractivity contribution in [1.82, 2.24) is 4.72 Å². The molecule has 15 heavy (non-hydrogen) atoms. The van der Waals surface area contributed by atoms with Crippen LogP contribution in [0.15, 0.2) is 24.3 Å². The minimum Gasteiger partial charge on any atom is -0.508 e. The molecule has 5 nitrogen and oxygen atoms in total. The molecule has 0 unspecified atom stereocenters. The van der Waals surface area contributed by atoms with Crippen LogP contribution in [0.5, 0.6) is 5.75 Å². The fraction of sp³-hybridized carbons (Fsp3) is 0.333. The molecule has 0 saturated carbocycles. The molecule has 0 aromatic heterocycles. The normalized spacial score (nSPS) is 11.3. The van der Waals surface area contributed by atoms with Crippen LogP contribution in [0.3, 0.4) is 0 Å². The molecule has 0 fully saturated rings. The van der Waals surface area contributed by atoms with E-state index in [2.05, 4.69) is 4.72 Å². The van der Waals surface area contributed by atoms with Gasteiger partial charge in [0, 0.05) is 13.6 Å². The van der Waals surface area contributed by atoms with Crippen LogP contribution in [0, 0.1) is 0 Å². The van der Waals surface area contributed by atoms with Gasteiger partial charge in [-0.2, -0.15) is 13.1 Å². The van der Waals surface area contributed by atoms with Crippen molar-refractivity contribution in [2.45, 2.75) is 6.92 Å². The van der Waals surface area contributed by atoms with E-state index in [1.165, 1.54) is 31.3 Å². The first-order valence-electron chi connectivity index (χ1n) is 4.50. The van der Waals surface area contributed by atoms with Crippen LogP contribution in [0.25, 0.3) is 0 Å². The van der Waals surface area contributed by atoms with Gasteiger partial charge in [0.15, 0.2) is 0 Å². The Morgan fingerprint density at radius 2 is 1.87 bits per heavy atom. The van der Waals surface area contributed by atoms with Gasteiger partial charge in [0.1, 0.15) is 5.75 Å². The van der Waals surface area contributed by atoms with Crippen molar-refractivity contribution < 1.29 is 13.5 Å². The molecule has 0 aliphatic rings. The average Bonchev–Trinajstić information content (AvgIpc) is 2.18. The van der Waals surface area contributed by atoms with Crippen molar-refractivity contribution in [2.24, 2.45) is 0 Å². The quantitative estimate of drug-likeness (QED) is 0.799. The van der Waals surface area contributed by atoms with E-state index in [-0.39, 0.29) is 5.75 Å². The van der Waals surface area contributed by atoms with Crippen LogP contribution < -0.4 is 9.03 Å². The zero-order chi connectivity index (χ0) is 11.5. The molecule has 0 aliphatic carbocycles. The maximum absolute atomic E-state index is 11.6. The maximum atomic E-state index is 11.6. The maximum Gasteiger partial charge on any atom is 0.301 e. The van der Waals surface area contributed by atoms with Crippen molar-refractivity contribution in [2.75, 3.05) is 17.9 Å². The van der Waals surface area contributed by atoms with Crippen LogP contribution in [0.2, 0.25) is 0 Å². The molecule has 0 radical (unpaired) electrons. The molecule has 1 aromatic rings. The van der Waals surface area contributed by atoms with Crippen molar-refractivity contribution >= 4 is 15.9 Å². The Hall–Kier alpha value is -1.27. The Morgan fingerprint density at radius 3 is 2.33 bits per heavy atom. The number of anilines is 1. The molecule has 6 heteroatoms. The highest BCUT2D eigenvalue weighted by Crippen LogP contribution is 2.18. The minimum absolute atomic E-state index is 0.105. The second-order valence-corrected chi connectivity index (χ2v) is 4.77. The summed E-state index contributed by atoms with van der Waals surface area (Å²) in [5.74, 6) is 0.105. The van der Waals surface area contributed by atoms with Crippen LogP contribution >= 0.6 is 0 Å². The number of hydrogen-bond donors (Lipinski definition) is 2. The monoisotopic (exact) mass is 230 g/mol. The third-order valence-corrected chi connectivity index (χ3v) is 3.49. The van der Waals surface area contributed by atoms with E-state index in [0.717, 1.165) is 4.31 Å². The lowest BCUT2D eigenvalue weighted by atomic mass is 10.3. The lowest BCUT2D eigenvalue weighted by Crippen LogP contribution is -2.38. The average molecular weight is 230 g/mol. The molecule has 0 amide bonds. The van der Waals surface area contributed by atoms with Crippen LogP contribution in [0.1, 0.15) is 6.92 Å². The minimum atomic E-state index is -3.47. The number of hydrogen-bond acceptors (Lipinski definition) is 3. The zero-order valence-electron chi connectivity index (χ0n) is 8.64. The molecule has 0 heterocycles. The van der Waals surface area contributed by atoms with Crippen molar-refractivity contribution in [1.29, 1.82) is 0 Å². The number of phenolic OH excluding ortho intramolecular Hbond substituents is 1. The van der Waals surface area contributed by atoms with Gasteiger partial charge < -0.3 is 5.11 Å². The van der Waals surface area contributed by atoms with Gasteiger partial charge in [0.2, 0.25) is 0 Å². The van der Waals surface area contributed by atoms with E-state index in [1.54, 1.807) is 6.92 Å². The number of nitrogens with zero attached hydrogens (tertiary/aromatic N) is 1. The largest absolute Gasteiger partial charge is 0.508 e. The van der Waals surface area contributed by atoms with Crippen LogP contribution in [-0.4, -0.2) is 27.1 Å². The van der Waals surface area contributed by atoms with Crippen LogP contribution in [0.4, 0.5) is 5.69 Å². The third kappa shape index (κ3) is 2.84. The fourth-order valence-electron chi connectivity index (χ4n) is 1.08. The van der Waals surface area contributed by atoms with Gasteiger partial charge in [0.25, 0.3) is 0 Å².